The monoisotopic (exact) mass is 547 g/mol. The van der Waals surface area contributed by atoms with E-state index in [9.17, 15) is 18.0 Å². The Bertz CT molecular complexity index is 1210. The first-order chi connectivity index (χ1) is 17.5. The zero-order valence-corrected chi connectivity index (χ0v) is 23.7. The molecule has 1 atom stereocenters. The average molecular weight is 548 g/mol. The number of amides is 2. The number of carbonyl (C=O) groups excluding carboxylic acids is 2. The fraction of sp³-hybridized carbons (Fsp3) is 0.500. The Morgan fingerprint density at radius 1 is 1.08 bits per heavy atom. The Kier molecular flexibility index (Phi) is 10.0. The van der Waals surface area contributed by atoms with Crippen molar-refractivity contribution in [1.82, 2.24) is 10.2 Å². The van der Waals surface area contributed by atoms with Crippen molar-refractivity contribution in [2.45, 2.75) is 77.9 Å². The molecular weight excluding hydrogens is 510 g/mol. The van der Waals surface area contributed by atoms with Gasteiger partial charge in [0, 0.05) is 17.6 Å². The van der Waals surface area contributed by atoms with Crippen LogP contribution in [-0.4, -0.2) is 50.0 Å². The molecule has 0 radical (unpaired) electrons. The van der Waals surface area contributed by atoms with Gasteiger partial charge in [0.2, 0.25) is 21.8 Å². The van der Waals surface area contributed by atoms with Crippen LogP contribution in [0, 0.1) is 13.8 Å². The van der Waals surface area contributed by atoms with Crippen LogP contribution in [0.1, 0.15) is 62.1 Å². The number of sulfonamides is 1. The van der Waals surface area contributed by atoms with Gasteiger partial charge in [-0.1, -0.05) is 73.7 Å². The molecule has 0 aromatic heterocycles. The van der Waals surface area contributed by atoms with E-state index in [0.717, 1.165) is 47.4 Å². The highest BCUT2D eigenvalue weighted by Gasteiger charge is 2.33. The first-order valence-electron chi connectivity index (χ1n) is 12.9. The summed E-state index contributed by atoms with van der Waals surface area (Å²) in [5.41, 5.74) is 2.83. The van der Waals surface area contributed by atoms with Crippen LogP contribution in [0.4, 0.5) is 5.69 Å². The number of benzene rings is 2. The second kappa shape index (κ2) is 12.8. The number of halogens is 1. The second-order valence-corrected chi connectivity index (χ2v) is 12.2. The Balaban J connectivity index is 1.94. The minimum Gasteiger partial charge on any atom is -0.352 e. The smallest absolute Gasteiger partial charge is 0.244 e. The number of aryl methyl sites for hydroxylation is 1. The molecule has 1 saturated carbocycles. The predicted octanol–water partition coefficient (Wildman–Crippen LogP) is 4.98. The van der Waals surface area contributed by atoms with Gasteiger partial charge in [0.15, 0.2) is 0 Å². The lowest BCUT2D eigenvalue weighted by Crippen LogP contribution is -2.54. The maximum Gasteiger partial charge on any atom is 0.244 e. The summed E-state index contributed by atoms with van der Waals surface area (Å²) in [6, 6.07) is 12.1. The molecule has 0 spiro atoms. The minimum atomic E-state index is -3.81. The summed E-state index contributed by atoms with van der Waals surface area (Å²) in [6.45, 7) is 5.33. The number of carbonyl (C=O) groups is 2. The Labute approximate surface area is 226 Å². The quantitative estimate of drug-likeness (QED) is 0.454. The molecule has 3 rings (SSSR count). The lowest BCUT2D eigenvalue weighted by Gasteiger charge is -2.34. The molecular formula is C28H38ClN3O4S. The third-order valence-corrected chi connectivity index (χ3v) is 8.50. The summed E-state index contributed by atoms with van der Waals surface area (Å²) in [6.07, 6.45) is 6.68. The zero-order valence-electron chi connectivity index (χ0n) is 22.2. The molecule has 202 valence electrons. The minimum absolute atomic E-state index is 0.104. The molecule has 2 amide bonds. The number of hydrogen-bond donors (Lipinski definition) is 1. The van der Waals surface area contributed by atoms with Gasteiger partial charge in [0.05, 0.1) is 11.9 Å². The molecule has 7 nitrogen and oxygen atoms in total. The Morgan fingerprint density at radius 2 is 1.76 bits per heavy atom. The average Bonchev–Trinajstić information content (AvgIpc) is 2.84. The summed E-state index contributed by atoms with van der Waals surface area (Å²) in [5.74, 6) is -0.641. The van der Waals surface area contributed by atoms with Gasteiger partial charge in [-0.15, -0.1) is 0 Å². The molecule has 1 fully saturated rings. The van der Waals surface area contributed by atoms with Gasteiger partial charge in [0.25, 0.3) is 0 Å². The molecule has 1 aliphatic rings. The summed E-state index contributed by atoms with van der Waals surface area (Å²) in [7, 11) is -3.81. The SMILES string of the molecule is CCC(C(=O)NC1CCCCC1)N(Cc1cccc(C)c1)C(=O)CN(c1cccc(Cl)c1C)S(C)(=O)=O. The van der Waals surface area contributed by atoms with E-state index in [0.29, 0.717) is 22.7 Å². The van der Waals surface area contributed by atoms with E-state index < -0.39 is 28.5 Å². The normalized spacial score (nSPS) is 15.2. The molecule has 37 heavy (non-hydrogen) atoms. The van der Waals surface area contributed by atoms with Crippen LogP contribution in [-0.2, 0) is 26.2 Å². The molecule has 1 N–H and O–H groups in total. The van der Waals surface area contributed by atoms with E-state index in [1.54, 1.807) is 25.1 Å². The third kappa shape index (κ3) is 7.71. The van der Waals surface area contributed by atoms with Crippen molar-refractivity contribution < 1.29 is 18.0 Å². The molecule has 1 aliphatic carbocycles. The summed E-state index contributed by atoms with van der Waals surface area (Å²) >= 11 is 6.27. The maximum absolute atomic E-state index is 13.9. The van der Waals surface area contributed by atoms with Gasteiger partial charge in [-0.3, -0.25) is 13.9 Å². The van der Waals surface area contributed by atoms with Gasteiger partial charge >= 0.3 is 0 Å². The van der Waals surface area contributed by atoms with Crippen molar-refractivity contribution in [2.24, 2.45) is 0 Å². The van der Waals surface area contributed by atoms with Crippen molar-refractivity contribution in [3.63, 3.8) is 0 Å². The number of nitrogens with zero attached hydrogens (tertiary/aromatic N) is 2. The van der Waals surface area contributed by atoms with Crippen molar-refractivity contribution >= 4 is 39.1 Å². The van der Waals surface area contributed by atoms with E-state index in [1.807, 2.05) is 38.1 Å². The fourth-order valence-electron chi connectivity index (χ4n) is 4.93. The molecule has 2 aromatic rings. The van der Waals surface area contributed by atoms with Crippen molar-refractivity contribution in [1.29, 1.82) is 0 Å². The molecule has 0 heterocycles. The van der Waals surface area contributed by atoms with Gasteiger partial charge in [0.1, 0.15) is 12.6 Å². The Morgan fingerprint density at radius 3 is 2.38 bits per heavy atom. The summed E-state index contributed by atoms with van der Waals surface area (Å²) in [5, 5.41) is 3.56. The van der Waals surface area contributed by atoms with Crippen LogP contribution >= 0.6 is 11.6 Å². The predicted molar refractivity (Wildman–Crippen MR) is 149 cm³/mol. The first kappa shape index (κ1) is 29.0. The lowest BCUT2D eigenvalue weighted by molar-refractivity contribution is -0.140. The largest absolute Gasteiger partial charge is 0.352 e. The van der Waals surface area contributed by atoms with E-state index in [2.05, 4.69) is 5.32 Å². The number of anilines is 1. The molecule has 0 bridgehead atoms. The molecule has 0 aliphatic heterocycles. The van der Waals surface area contributed by atoms with Crippen LogP contribution in [0.15, 0.2) is 42.5 Å². The standard InChI is InChI=1S/C28H38ClN3O4S/c1-5-25(28(34)30-23-13-7-6-8-14-23)31(18-22-12-9-11-20(2)17-22)27(33)19-32(37(4,35)36)26-16-10-15-24(29)21(26)3/h9-12,15-17,23,25H,5-8,13-14,18-19H2,1-4H3,(H,30,34). The lowest BCUT2D eigenvalue weighted by atomic mass is 9.95. The van der Waals surface area contributed by atoms with Gasteiger partial charge in [-0.05, 0) is 56.4 Å². The molecule has 9 heteroatoms. The topological polar surface area (TPSA) is 86.8 Å². The molecule has 0 saturated heterocycles. The third-order valence-electron chi connectivity index (χ3n) is 6.96. The van der Waals surface area contributed by atoms with Crippen molar-refractivity contribution in [3.8, 4) is 0 Å². The molecule has 2 aromatic carbocycles. The Hall–Kier alpha value is -2.58. The van der Waals surface area contributed by atoms with Gasteiger partial charge in [-0.25, -0.2) is 8.42 Å². The van der Waals surface area contributed by atoms with E-state index >= 15 is 0 Å². The number of hydrogen-bond acceptors (Lipinski definition) is 4. The van der Waals surface area contributed by atoms with Crippen LogP contribution in [0.3, 0.4) is 0 Å². The van der Waals surface area contributed by atoms with Gasteiger partial charge in [-0.2, -0.15) is 0 Å². The number of nitrogens with one attached hydrogen (secondary N) is 1. The van der Waals surface area contributed by atoms with Crippen molar-refractivity contribution in [2.75, 3.05) is 17.1 Å². The van der Waals surface area contributed by atoms with Crippen LogP contribution < -0.4 is 9.62 Å². The van der Waals surface area contributed by atoms with Crippen LogP contribution in [0.2, 0.25) is 5.02 Å². The van der Waals surface area contributed by atoms with E-state index in [-0.39, 0.29) is 18.5 Å². The first-order valence-corrected chi connectivity index (χ1v) is 15.1. The number of rotatable bonds is 10. The second-order valence-electron chi connectivity index (χ2n) is 9.93. The van der Waals surface area contributed by atoms with Crippen LogP contribution in [0.5, 0.6) is 0 Å². The van der Waals surface area contributed by atoms with E-state index in [1.165, 1.54) is 11.3 Å². The fourth-order valence-corrected chi connectivity index (χ4v) is 6.00. The van der Waals surface area contributed by atoms with Crippen LogP contribution in [0.25, 0.3) is 0 Å². The maximum atomic E-state index is 13.9. The zero-order chi connectivity index (χ0) is 27.2. The highest BCUT2D eigenvalue weighted by molar-refractivity contribution is 7.92. The highest BCUT2D eigenvalue weighted by Crippen LogP contribution is 2.28. The van der Waals surface area contributed by atoms with Crippen molar-refractivity contribution in [3.05, 3.63) is 64.2 Å². The summed E-state index contributed by atoms with van der Waals surface area (Å²) < 4.78 is 26.7. The van der Waals surface area contributed by atoms with E-state index in [4.69, 9.17) is 11.6 Å². The summed E-state index contributed by atoms with van der Waals surface area (Å²) in [4.78, 5) is 28.8. The molecule has 1 unspecified atom stereocenters. The highest BCUT2D eigenvalue weighted by atomic mass is 35.5. The van der Waals surface area contributed by atoms with Gasteiger partial charge < -0.3 is 10.2 Å².